The molecule has 0 aliphatic carbocycles. The Kier molecular flexibility index (Phi) is 5.45. The van der Waals surface area contributed by atoms with Gasteiger partial charge in [-0.25, -0.2) is 4.79 Å². The largest absolute Gasteiger partial charge is 0.393 e. The number of hydrogen-bond donors (Lipinski definition) is 3. The van der Waals surface area contributed by atoms with Crippen LogP contribution in [-0.2, 0) is 0 Å². The lowest BCUT2D eigenvalue weighted by atomic mass is 9.93. The predicted molar refractivity (Wildman–Crippen MR) is 94.5 cm³/mol. The Morgan fingerprint density at radius 3 is 2.65 bits per heavy atom. The number of piperidine rings is 1. The number of benzene rings is 1. The van der Waals surface area contributed by atoms with Crippen LogP contribution in [-0.4, -0.2) is 56.6 Å². The number of aromatic nitrogens is 2. The summed E-state index contributed by atoms with van der Waals surface area (Å²) in [6.07, 6.45) is 0.680. The Labute approximate surface area is 155 Å². The van der Waals surface area contributed by atoms with E-state index in [1.165, 1.54) is 0 Å². The molecule has 140 valence electrons. The molecule has 2 heterocycles. The van der Waals surface area contributed by atoms with E-state index < -0.39 is 11.6 Å². The van der Waals surface area contributed by atoms with Gasteiger partial charge in [-0.15, -0.1) is 0 Å². The maximum absolute atomic E-state index is 12.4. The molecule has 1 saturated heterocycles. The van der Waals surface area contributed by atoms with Gasteiger partial charge in [-0.05, 0) is 44.0 Å². The number of amides is 2. The molecule has 26 heavy (non-hydrogen) atoms. The average Bonchev–Trinajstić information content (AvgIpc) is 3.13. The van der Waals surface area contributed by atoms with Crippen molar-refractivity contribution in [2.24, 2.45) is 0 Å². The summed E-state index contributed by atoms with van der Waals surface area (Å²) in [7, 11) is 0. The summed E-state index contributed by atoms with van der Waals surface area (Å²) in [6.45, 7) is 2.20. The molecule has 8 nitrogen and oxygen atoms in total. The summed E-state index contributed by atoms with van der Waals surface area (Å²) in [4.78, 5) is 18.3. The fourth-order valence-corrected chi connectivity index (χ4v) is 2.88. The molecule has 1 atom stereocenters. The molecule has 0 bridgehead atoms. The second-order valence-electron chi connectivity index (χ2n) is 6.50. The Morgan fingerprint density at radius 2 is 2.04 bits per heavy atom. The number of aliphatic hydroxyl groups is 2. The second-order valence-corrected chi connectivity index (χ2v) is 6.94. The average molecular weight is 381 g/mol. The van der Waals surface area contributed by atoms with Gasteiger partial charge in [0.05, 0.1) is 12.2 Å². The van der Waals surface area contributed by atoms with E-state index in [1.54, 1.807) is 36.1 Å². The SMILES string of the molecule is C[C@H](NC(=O)N1CCC(O)(CO)CC1)c1nc(-c2ccc(Cl)cc2)no1. The highest BCUT2D eigenvalue weighted by atomic mass is 35.5. The van der Waals surface area contributed by atoms with Crippen LogP contribution in [0.5, 0.6) is 0 Å². The Hall–Kier alpha value is -2.16. The first-order chi connectivity index (χ1) is 12.4. The van der Waals surface area contributed by atoms with Crippen LogP contribution in [0.25, 0.3) is 11.4 Å². The molecule has 1 aromatic heterocycles. The van der Waals surface area contributed by atoms with Crippen LogP contribution in [0.4, 0.5) is 4.79 Å². The molecule has 0 radical (unpaired) electrons. The maximum atomic E-state index is 12.4. The third-order valence-electron chi connectivity index (χ3n) is 4.53. The van der Waals surface area contributed by atoms with Crippen molar-refractivity contribution >= 4 is 17.6 Å². The lowest BCUT2D eigenvalue weighted by Gasteiger charge is -2.37. The zero-order valence-electron chi connectivity index (χ0n) is 14.4. The Balaban J connectivity index is 1.59. The minimum Gasteiger partial charge on any atom is -0.393 e. The number of rotatable bonds is 4. The summed E-state index contributed by atoms with van der Waals surface area (Å²) >= 11 is 5.87. The first-order valence-corrected chi connectivity index (χ1v) is 8.76. The monoisotopic (exact) mass is 380 g/mol. The molecule has 0 saturated carbocycles. The normalized spacial score (nSPS) is 17.8. The highest BCUT2D eigenvalue weighted by molar-refractivity contribution is 6.30. The summed E-state index contributed by atoms with van der Waals surface area (Å²) in [5.74, 6) is 0.718. The third-order valence-corrected chi connectivity index (χ3v) is 4.78. The van der Waals surface area contributed by atoms with Crippen LogP contribution in [0.15, 0.2) is 28.8 Å². The van der Waals surface area contributed by atoms with Crippen molar-refractivity contribution in [3.63, 3.8) is 0 Å². The lowest BCUT2D eigenvalue weighted by molar-refractivity contribution is -0.0528. The number of hydrogen-bond acceptors (Lipinski definition) is 6. The van der Waals surface area contributed by atoms with Crippen molar-refractivity contribution in [2.45, 2.75) is 31.4 Å². The number of urea groups is 1. The van der Waals surface area contributed by atoms with Gasteiger partial charge in [-0.1, -0.05) is 16.8 Å². The van der Waals surface area contributed by atoms with E-state index in [1.807, 2.05) is 0 Å². The lowest BCUT2D eigenvalue weighted by Crippen LogP contribution is -2.51. The molecule has 0 spiro atoms. The Morgan fingerprint density at radius 1 is 1.38 bits per heavy atom. The molecule has 1 aliphatic rings. The van der Waals surface area contributed by atoms with E-state index >= 15 is 0 Å². The quantitative estimate of drug-likeness (QED) is 0.747. The van der Waals surface area contributed by atoms with Crippen molar-refractivity contribution in [3.05, 3.63) is 35.2 Å². The van der Waals surface area contributed by atoms with Crippen molar-refractivity contribution < 1.29 is 19.5 Å². The zero-order chi connectivity index (χ0) is 18.7. The van der Waals surface area contributed by atoms with Crippen molar-refractivity contribution in [1.82, 2.24) is 20.4 Å². The number of nitrogens with zero attached hydrogens (tertiary/aromatic N) is 3. The molecule has 0 unspecified atom stereocenters. The van der Waals surface area contributed by atoms with Gasteiger partial charge in [0.25, 0.3) is 0 Å². The van der Waals surface area contributed by atoms with E-state index in [4.69, 9.17) is 16.1 Å². The van der Waals surface area contributed by atoms with Crippen molar-refractivity contribution in [1.29, 1.82) is 0 Å². The fourth-order valence-electron chi connectivity index (χ4n) is 2.75. The fraction of sp³-hybridized carbons (Fsp3) is 0.471. The Bertz CT molecular complexity index is 756. The molecule has 9 heteroatoms. The summed E-state index contributed by atoms with van der Waals surface area (Å²) in [5, 5.41) is 26.6. The van der Waals surface area contributed by atoms with Gasteiger partial charge in [0.2, 0.25) is 11.7 Å². The molecule has 1 fully saturated rings. The predicted octanol–water partition coefficient (Wildman–Crippen LogP) is 1.98. The van der Waals surface area contributed by atoms with Crippen LogP contribution < -0.4 is 5.32 Å². The van der Waals surface area contributed by atoms with E-state index in [0.29, 0.717) is 42.7 Å². The van der Waals surface area contributed by atoms with Crippen molar-refractivity contribution in [3.8, 4) is 11.4 Å². The molecular formula is C17H21ClN4O4. The maximum Gasteiger partial charge on any atom is 0.318 e. The summed E-state index contributed by atoms with van der Waals surface area (Å²) < 4.78 is 5.25. The van der Waals surface area contributed by atoms with Crippen LogP contribution in [0, 0.1) is 0 Å². The molecule has 1 aromatic carbocycles. The van der Waals surface area contributed by atoms with Crippen molar-refractivity contribution in [2.75, 3.05) is 19.7 Å². The molecule has 2 amide bonds. The highest BCUT2D eigenvalue weighted by Gasteiger charge is 2.33. The number of carbonyl (C=O) groups excluding carboxylic acids is 1. The van der Waals surface area contributed by atoms with Gasteiger partial charge < -0.3 is 25.0 Å². The van der Waals surface area contributed by atoms with Crippen LogP contribution in [0.2, 0.25) is 5.02 Å². The van der Waals surface area contributed by atoms with E-state index in [2.05, 4.69) is 15.5 Å². The van der Waals surface area contributed by atoms with Gasteiger partial charge in [0.15, 0.2) is 0 Å². The zero-order valence-corrected chi connectivity index (χ0v) is 15.1. The minimum atomic E-state index is -1.09. The van der Waals surface area contributed by atoms with Gasteiger partial charge >= 0.3 is 6.03 Å². The van der Waals surface area contributed by atoms with Gasteiger partial charge in [-0.3, -0.25) is 0 Å². The summed E-state index contributed by atoms with van der Waals surface area (Å²) in [6, 6.07) is 6.31. The number of likely N-dealkylation sites (tertiary alicyclic amines) is 1. The molecule has 1 aliphatic heterocycles. The van der Waals surface area contributed by atoms with Gasteiger partial charge in [-0.2, -0.15) is 4.98 Å². The molecule has 2 aromatic rings. The smallest absolute Gasteiger partial charge is 0.318 e. The van der Waals surface area contributed by atoms with Gasteiger partial charge in [0.1, 0.15) is 6.04 Å². The first kappa shape index (κ1) is 18.6. The summed E-state index contributed by atoms with van der Waals surface area (Å²) in [5.41, 5.74) is -0.329. The van der Waals surface area contributed by atoms with Crippen LogP contribution >= 0.6 is 11.6 Å². The van der Waals surface area contributed by atoms with Crippen LogP contribution in [0.1, 0.15) is 31.7 Å². The molecule has 3 N–H and O–H groups in total. The van der Waals surface area contributed by atoms with Gasteiger partial charge in [0, 0.05) is 23.7 Å². The number of aliphatic hydroxyl groups excluding tert-OH is 1. The first-order valence-electron chi connectivity index (χ1n) is 8.38. The van der Waals surface area contributed by atoms with E-state index in [-0.39, 0.29) is 12.6 Å². The highest BCUT2D eigenvalue weighted by Crippen LogP contribution is 2.23. The number of halogens is 1. The number of carbonyl (C=O) groups is 1. The topological polar surface area (TPSA) is 112 Å². The second kappa shape index (κ2) is 7.61. The van der Waals surface area contributed by atoms with E-state index in [9.17, 15) is 15.0 Å². The minimum absolute atomic E-state index is 0.274. The molecular weight excluding hydrogens is 360 g/mol. The molecule has 3 rings (SSSR count). The standard InChI is InChI=1S/C17H21ClN4O4/c1-11(19-16(24)22-8-6-17(25,10-23)7-9-22)15-20-14(21-26-15)12-2-4-13(18)5-3-12/h2-5,11,23,25H,6-10H2,1H3,(H,19,24)/t11-/m0/s1. The number of nitrogens with one attached hydrogen (secondary N) is 1. The third kappa shape index (κ3) is 4.14. The van der Waals surface area contributed by atoms with E-state index in [0.717, 1.165) is 5.56 Å². The van der Waals surface area contributed by atoms with Crippen LogP contribution in [0.3, 0.4) is 0 Å².